The standard InChI is InChI=1S/C18H13Cl2N5O3/c1-28-18(27)10-5-6-13(21-8-10)24-14-7-15(23-9-22-14)25-17(26)16-11(19)3-2-4-12(16)20/h2-9H,1H3,(H2,21,22,23,24,25,26). The largest absolute Gasteiger partial charge is 0.465 e. The fraction of sp³-hybridized carbons (Fsp3) is 0.0556. The van der Waals surface area contributed by atoms with E-state index in [1.54, 1.807) is 30.3 Å². The molecule has 0 aliphatic heterocycles. The number of aromatic nitrogens is 3. The molecule has 0 radical (unpaired) electrons. The molecule has 0 fully saturated rings. The van der Waals surface area contributed by atoms with Crippen LogP contribution in [0.4, 0.5) is 17.5 Å². The third-order valence-electron chi connectivity index (χ3n) is 3.54. The lowest BCUT2D eigenvalue weighted by Gasteiger charge is -2.09. The molecule has 0 bridgehead atoms. The lowest BCUT2D eigenvalue weighted by Crippen LogP contribution is -2.14. The highest BCUT2D eigenvalue weighted by Gasteiger charge is 2.15. The Kier molecular flexibility index (Phi) is 6.03. The van der Waals surface area contributed by atoms with Crippen molar-refractivity contribution in [2.75, 3.05) is 17.7 Å². The Morgan fingerprint density at radius 1 is 0.964 bits per heavy atom. The summed E-state index contributed by atoms with van der Waals surface area (Å²) in [4.78, 5) is 36.1. The van der Waals surface area contributed by atoms with Crippen molar-refractivity contribution < 1.29 is 14.3 Å². The van der Waals surface area contributed by atoms with Gasteiger partial charge in [-0.3, -0.25) is 4.79 Å². The summed E-state index contributed by atoms with van der Waals surface area (Å²) in [5.41, 5.74) is 0.472. The Balaban J connectivity index is 1.74. The molecule has 10 heteroatoms. The molecule has 2 aromatic heterocycles. The second-order valence-corrected chi connectivity index (χ2v) is 6.20. The molecule has 0 aliphatic carbocycles. The Morgan fingerprint density at radius 2 is 1.68 bits per heavy atom. The van der Waals surface area contributed by atoms with E-state index in [0.29, 0.717) is 17.2 Å². The van der Waals surface area contributed by atoms with Crippen molar-refractivity contribution in [2.24, 2.45) is 0 Å². The van der Waals surface area contributed by atoms with Crippen molar-refractivity contribution in [3.05, 3.63) is 70.1 Å². The monoisotopic (exact) mass is 417 g/mol. The number of rotatable bonds is 5. The normalized spacial score (nSPS) is 10.2. The molecule has 0 unspecified atom stereocenters. The number of methoxy groups -OCH3 is 1. The van der Waals surface area contributed by atoms with Crippen molar-refractivity contribution in [2.45, 2.75) is 0 Å². The van der Waals surface area contributed by atoms with Crippen LogP contribution >= 0.6 is 23.2 Å². The Labute approximate surface area is 169 Å². The van der Waals surface area contributed by atoms with Crippen LogP contribution in [0.1, 0.15) is 20.7 Å². The van der Waals surface area contributed by atoms with Gasteiger partial charge in [0.2, 0.25) is 0 Å². The fourth-order valence-electron chi connectivity index (χ4n) is 2.23. The zero-order valence-electron chi connectivity index (χ0n) is 14.4. The van der Waals surface area contributed by atoms with Gasteiger partial charge >= 0.3 is 5.97 Å². The fourth-order valence-corrected chi connectivity index (χ4v) is 2.79. The van der Waals surface area contributed by atoms with Crippen LogP contribution in [0.15, 0.2) is 48.9 Å². The van der Waals surface area contributed by atoms with Gasteiger partial charge in [0.25, 0.3) is 5.91 Å². The van der Waals surface area contributed by atoms with Crippen molar-refractivity contribution in [1.82, 2.24) is 15.0 Å². The molecule has 1 aromatic carbocycles. The number of esters is 1. The molecule has 2 N–H and O–H groups in total. The second kappa shape index (κ2) is 8.64. The van der Waals surface area contributed by atoms with Crippen molar-refractivity contribution in [3.8, 4) is 0 Å². The third kappa shape index (κ3) is 4.54. The average Bonchev–Trinajstić information content (AvgIpc) is 2.68. The van der Waals surface area contributed by atoms with Gasteiger partial charge in [0.15, 0.2) is 0 Å². The van der Waals surface area contributed by atoms with E-state index in [2.05, 4.69) is 30.3 Å². The number of anilines is 3. The zero-order chi connectivity index (χ0) is 20.1. The highest BCUT2D eigenvalue weighted by Crippen LogP contribution is 2.25. The summed E-state index contributed by atoms with van der Waals surface area (Å²) in [5.74, 6) is 0.0847. The van der Waals surface area contributed by atoms with E-state index < -0.39 is 11.9 Å². The van der Waals surface area contributed by atoms with Gasteiger partial charge in [-0.2, -0.15) is 0 Å². The predicted molar refractivity (Wildman–Crippen MR) is 105 cm³/mol. The van der Waals surface area contributed by atoms with E-state index >= 15 is 0 Å². The van der Waals surface area contributed by atoms with E-state index in [4.69, 9.17) is 23.2 Å². The van der Waals surface area contributed by atoms with Gasteiger partial charge in [0.05, 0.1) is 28.3 Å². The van der Waals surface area contributed by atoms with Gasteiger partial charge in [-0.25, -0.2) is 19.7 Å². The van der Waals surface area contributed by atoms with Crippen LogP contribution < -0.4 is 10.6 Å². The van der Waals surface area contributed by atoms with Crippen LogP contribution in [0.25, 0.3) is 0 Å². The van der Waals surface area contributed by atoms with Crippen molar-refractivity contribution >= 4 is 52.5 Å². The van der Waals surface area contributed by atoms with Crippen molar-refractivity contribution in [1.29, 1.82) is 0 Å². The van der Waals surface area contributed by atoms with Crippen LogP contribution in [0.5, 0.6) is 0 Å². The molecule has 1 amide bonds. The first-order valence-corrected chi connectivity index (χ1v) is 8.62. The summed E-state index contributed by atoms with van der Waals surface area (Å²) in [5, 5.41) is 6.02. The quantitative estimate of drug-likeness (QED) is 0.604. The van der Waals surface area contributed by atoms with E-state index in [-0.39, 0.29) is 21.4 Å². The number of halogens is 2. The lowest BCUT2D eigenvalue weighted by molar-refractivity contribution is 0.0600. The Bertz CT molecular complexity index is 1010. The van der Waals surface area contributed by atoms with Gasteiger partial charge in [0.1, 0.15) is 23.8 Å². The van der Waals surface area contributed by atoms with Crippen LogP contribution in [0.3, 0.4) is 0 Å². The lowest BCUT2D eigenvalue weighted by atomic mass is 10.2. The zero-order valence-corrected chi connectivity index (χ0v) is 16.0. The number of carbonyl (C=O) groups is 2. The van der Waals surface area contributed by atoms with Gasteiger partial charge in [0, 0.05) is 12.3 Å². The highest BCUT2D eigenvalue weighted by molar-refractivity contribution is 6.40. The molecule has 28 heavy (non-hydrogen) atoms. The van der Waals surface area contributed by atoms with Gasteiger partial charge in [-0.15, -0.1) is 0 Å². The maximum Gasteiger partial charge on any atom is 0.339 e. The molecule has 3 aromatic rings. The number of hydrogen-bond acceptors (Lipinski definition) is 7. The van der Waals surface area contributed by atoms with E-state index in [0.717, 1.165) is 0 Å². The molecule has 0 atom stereocenters. The minimum atomic E-state index is -0.499. The number of ether oxygens (including phenoxy) is 1. The summed E-state index contributed by atoms with van der Waals surface area (Å²) in [6.07, 6.45) is 2.65. The summed E-state index contributed by atoms with van der Waals surface area (Å²) in [6, 6.07) is 9.45. The number of carbonyl (C=O) groups excluding carboxylic acids is 2. The van der Waals surface area contributed by atoms with Crippen LogP contribution in [-0.2, 0) is 4.74 Å². The number of hydrogen-bond donors (Lipinski definition) is 2. The number of pyridine rings is 1. The van der Waals surface area contributed by atoms with Crippen molar-refractivity contribution in [3.63, 3.8) is 0 Å². The first-order chi connectivity index (χ1) is 13.5. The molecule has 8 nitrogen and oxygen atoms in total. The SMILES string of the molecule is COC(=O)c1ccc(Nc2cc(NC(=O)c3c(Cl)cccc3Cl)ncn2)nc1. The molecular weight excluding hydrogens is 405 g/mol. The molecule has 3 rings (SSSR count). The minimum absolute atomic E-state index is 0.152. The predicted octanol–water partition coefficient (Wildman–Crippen LogP) is 3.96. The van der Waals surface area contributed by atoms with Crippen LogP contribution in [-0.4, -0.2) is 33.9 Å². The topological polar surface area (TPSA) is 106 Å². The first-order valence-electron chi connectivity index (χ1n) is 7.86. The maximum atomic E-state index is 12.4. The molecule has 0 saturated carbocycles. The summed E-state index contributed by atoms with van der Waals surface area (Å²) >= 11 is 12.1. The number of nitrogens with one attached hydrogen (secondary N) is 2. The molecular formula is C18H13Cl2N5O3. The average molecular weight is 418 g/mol. The van der Waals surface area contributed by atoms with Gasteiger partial charge < -0.3 is 15.4 Å². The molecule has 0 aliphatic rings. The van der Waals surface area contributed by atoms with Crippen LogP contribution in [0, 0.1) is 0 Å². The summed E-state index contributed by atoms with van der Waals surface area (Å²) in [7, 11) is 1.29. The molecule has 2 heterocycles. The van der Waals surface area contributed by atoms with Gasteiger partial charge in [-0.1, -0.05) is 29.3 Å². The Morgan fingerprint density at radius 3 is 2.32 bits per heavy atom. The van der Waals surface area contributed by atoms with E-state index in [9.17, 15) is 9.59 Å². The minimum Gasteiger partial charge on any atom is -0.465 e. The molecule has 142 valence electrons. The van der Waals surface area contributed by atoms with Crippen LogP contribution in [0.2, 0.25) is 10.0 Å². The Hall–Kier alpha value is -3.23. The number of amides is 1. The molecule has 0 spiro atoms. The van der Waals surface area contributed by atoms with E-state index in [1.807, 2.05) is 0 Å². The highest BCUT2D eigenvalue weighted by atomic mass is 35.5. The van der Waals surface area contributed by atoms with Gasteiger partial charge in [-0.05, 0) is 24.3 Å². The smallest absolute Gasteiger partial charge is 0.339 e. The second-order valence-electron chi connectivity index (χ2n) is 5.39. The summed E-state index contributed by atoms with van der Waals surface area (Å²) in [6.45, 7) is 0. The maximum absolute atomic E-state index is 12.4. The third-order valence-corrected chi connectivity index (χ3v) is 4.17. The number of nitrogens with zero attached hydrogens (tertiary/aromatic N) is 3. The number of benzene rings is 1. The summed E-state index contributed by atoms with van der Waals surface area (Å²) < 4.78 is 4.62. The van der Waals surface area contributed by atoms with E-state index in [1.165, 1.54) is 25.7 Å². The molecule has 0 saturated heterocycles. The first kappa shape index (κ1) is 19.5.